The Bertz CT molecular complexity index is 1740. The summed E-state index contributed by atoms with van der Waals surface area (Å²) in [5, 5.41) is 3.44. The zero-order chi connectivity index (χ0) is 34.0. The monoisotopic (exact) mass is 677 g/mol. The van der Waals surface area contributed by atoms with Crippen LogP contribution in [0.15, 0.2) is 108 Å². The van der Waals surface area contributed by atoms with Gasteiger partial charge >= 0.3 is 0 Å². The molecule has 47 heavy (non-hydrogen) atoms. The molecule has 0 aliphatic rings. The number of hydrogen-bond acceptors (Lipinski definition) is 6. The highest BCUT2D eigenvalue weighted by atomic mass is 35.5. The molecule has 0 saturated carbocycles. The number of hydrogen-bond donors (Lipinski definition) is 1. The Morgan fingerprint density at radius 3 is 2.09 bits per heavy atom. The van der Waals surface area contributed by atoms with Crippen LogP contribution in [-0.2, 0) is 32.6 Å². The van der Waals surface area contributed by atoms with Gasteiger partial charge < -0.3 is 19.7 Å². The molecule has 0 radical (unpaired) electrons. The van der Waals surface area contributed by atoms with E-state index in [0.717, 1.165) is 9.87 Å². The van der Waals surface area contributed by atoms with E-state index in [9.17, 15) is 18.0 Å². The Hall–Kier alpha value is -4.54. The van der Waals surface area contributed by atoms with Crippen LogP contribution in [0.2, 0.25) is 5.02 Å². The Balaban J connectivity index is 1.81. The molecule has 0 bridgehead atoms. The lowest BCUT2D eigenvalue weighted by atomic mass is 10.0. The molecule has 0 aliphatic heterocycles. The first kappa shape index (κ1) is 35.3. The van der Waals surface area contributed by atoms with Gasteiger partial charge in [-0.3, -0.25) is 13.9 Å². The minimum atomic E-state index is -4.27. The topological polar surface area (TPSA) is 105 Å². The van der Waals surface area contributed by atoms with Gasteiger partial charge in [0.15, 0.2) is 0 Å². The number of carbonyl (C=O) groups is 2. The van der Waals surface area contributed by atoms with Crippen LogP contribution < -0.4 is 19.1 Å². The predicted octanol–water partition coefficient (Wildman–Crippen LogP) is 6.11. The Morgan fingerprint density at radius 1 is 0.830 bits per heavy atom. The van der Waals surface area contributed by atoms with Gasteiger partial charge in [0.25, 0.3) is 10.0 Å². The van der Waals surface area contributed by atoms with E-state index in [0.29, 0.717) is 28.5 Å². The van der Waals surface area contributed by atoms with Crippen LogP contribution in [0.25, 0.3) is 0 Å². The number of nitrogens with zero attached hydrogens (tertiary/aromatic N) is 2. The van der Waals surface area contributed by atoms with Crippen molar-refractivity contribution in [2.45, 2.75) is 50.2 Å². The Morgan fingerprint density at radius 2 is 1.47 bits per heavy atom. The number of carbonyl (C=O) groups excluding carboxylic acids is 2. The molecule has 0 heterocycles. The van der Waals surface area contributed by atoms with Crippen molar-refractivity contribution >= 4 is 39.1 Å². The van der Waals surface area contributed by atoms with Crippen LogP contribution in [0.5, 0.6) is 11.5 Å². The second-order valence-corrected chi connectivity index (χ2v) is 13.4. The van der Waals surface area contributed by atoms with Gasteiger partial charge in [0.05, 0.1) is 24.8 Å². The summed E-state index contributed by atoms with van der Waals surface area (Å²) in [4.78, 5) is 30.0. The van der Waals surface area contributed by atoms with Crippen LogP contribution in [0.4, 0.5) is 5.69 Å². The number of nitrogens with one attached hydrogen (secondary N) is 1. The standard InChI is InChI=1S/C36H40ClN3O6S/c1-5-26(2)38-36(42)34(23-27-10-7-6-8-11-27)39(24-28-12-9-13-32(22-28)46-4)35(41)25-40(30-16-14-29(37)15-17-30)47(43,44)33-20-18-31(45-3)19-21-33/h6-22,26,34H,5,23-25H2,1-4H3,(H,38,42)/t26-,34+/m0/s1. The lowest BCUT2D eigenvalue weighted by Gasteiger charge is -2.34. The molecular weight excluding hydrogens is 638 g/mol. The number of sulfonamides is 1. The molecule has 9 nitrogen and oxygen atoms in total. The highest BCUT2D eigenvalue weighted by molar-refractivity contribution is 7.92. The van der Waals surface area contributed by atoms with Gasteiger partial charge in [-0.1, -0.05) is 61.0 Å². The van der Waals surface area contributed by atoms with Gasteiger partial charge in [-0.05, 0) is 85.1 Å². The smallest absolute Gasteiger partial charge is 0.264 e. The van der Waals surface area contributed by atoms with E-state index in [1.807, 2.05) is 50.2 Å². The van der Waals surface area contributed by atoms with E-state index in [2.05, 4.69) is 5.32 Å². The van der Waals surface area contributed by atoms with Crippen LogP contribution in [0.3, 0.4) is 0 Å². The fourth-order valence-electron chi connectivity index (χ4n) is 4.97. The summed E-state index contributed by atoms with van der Waals surface area (Å²) < 4.78 is 40.0. The summed E-state index contributed by atoms with van der Waals surface area (Å²) in [6.45, 7) is 3.31. The SMILES string of the molecule is CC[C@H](C)NC(=O)[C@@H](Cc1ccccc1)N(Cc1cccc(OC)c1)C(=O)CN(c1ccc(Cl)cc1)S(=O)(=O)c1ccc(OC)cc1. The second kappa shape index (κ2) is 16.3. The van der Waals surface area contributed by atoms with Gasteiger partial charge in [0.1, 0.15) is 24.1 Å². The zero-order valence-electron chi connectivity index (χ0n) is 26.9. The summed E-state index contributed by atoms with van der Waals surface area (Å²) in [5.74, 6) is 0.164. The first-order chi connectivity index (χ1) is 22.5. The fraction of sp³-hybridized carbons (Fsp3) is 0.278. The molecule has 0 saturated heterocycles. The van der Waals surface area contributed by atoms with Crippen molar-refractivity contribution in [2.75, 3.05) is 25.1 Å². The maximum Gasteiger partial charge on any atom is 0.264 e. The summed E-state index contributed by atoms with van der Waals surface area (Å²) in [7, 11) is -1.23. The molecule has 4 aromatic rings. The minimum absolute atomic E-state index is 0.0263. The number of halogens is 1. The van der Waals surface area contributed by atoms with Gasteiger partial charge in [0, 0.05) is 24.0 Å². The maximum absolute atomic E-state index is 14.6. The van der Waals surface area contributed by atoms with Crippen LogP contribution in [0.1, 0.15) is 31.4 Å². The third-order valence-corrected chi connectivity index (χ3v) is 9.84. The number of methoxy groups -OCH3 is 2. The molecule has 4 rings (SSSR count). The Labute approximate surface area is 282 Å². The lowest BCUT2D eigenvalue weighted by Crippen LogP contribution is -2.54. The van der Waals surface area contributed by atoms with Gasteiger partial charge in [-0.2, -0.15) is 0 Å². The number of benzene rings is 4. The molecule has 2 amide bonds. The van der Waals surface area contributed by atoms with Crippen molar-refractivity contribution in [1.29, 1.82) is 0 Å². The number of anilines is 1. The first-order valence-electron chi connectivity index (χ1n) is 15.2. The summed E-state index contributed by atoms with van der Waals surface area (Å²) in [6.07, 6.45) is 0.906. The fourth-order valence-corrected chi connectivity index (χ4v) is 6.51. The highest BCUT2D eigenvalue weighted by Crippen LogP contribution is 2.28. The van der Waals surface area contributed by atoms with Gasteiger partial charge in [-0.15, -0.1) is 0 Å². The largest absolute Gasteiger partial charge is 0.497 e. The highest BCUT2D eigenvalue weighted by Gasteiger charge is 2.35. The molecule has 0 fully saturated rings. The molecule has 0 unspecified atom stereocenters. The second-order valence-electron chi connectivity index (χ2n) is 11.1. The van der Waals surface area contributed by atoms with Gasteiger partial charge in [0.2, 0.25) is 11.8 Å². The van der Waals surface area contributed by atoms with E-state index < -0.39 is 28.5 Å². The molecule has 0 spiro atoms. The third-order valence-electron chi connectivity index (χ3n) is 7.80. The summed E-state index contributed by atoms with van der Waals surface area (Å²) >= 11 is 6.15. The molecule has 2 atom stereocenters. The molecule has 11 heteroatoms. The molecular formula is C36H40ClN3O6S. The quantitative estimate of drug-likeness (QED) is 0.163. The van der Waals surface area contributed by atoms with Crippen LogP contribution in [-0.4, -0.2) is 58.0 Å². The van der Waals surface area contributed by atoms with Gasteiger partial charge in [-0.25, -0.2) is 8.42 Å². The summed E-state index contributed by atoms with van der Waals surface area (Å²) in [5.41, 5.74) is 1.80. The third kappa shape index (κ3) is 9.27. The Kier molecular flexibility index (Phi) is 12.3. The number of ether oxygens (including phenoxy) is 2. The van der Waals surface area contributed by atoms with E-state index in [-0.39, 0.29) is 35.5 Å². The van der Waals surface area contributed by atoms with Crippen LogP contribution in [0, 0.1) is 0 Å². The van der Waals surface area contributed by atoms with Crippen molar-refractivity contribution in [1.82, 2.24) is 10.2 Å². The van der Waals surface area contributed by atoms with E-state index in [1.54, 1.807) is 61.7 Å². The molecule has 1 N–H and O–H groups in total. The normalized spacial score (nSPS) is 12.4. The van der Waals surface area contributed by atoms with E-state index in [1.165, 1.54) is 24.1 Å². The minimum Gasteiger partial charge on any atom is -0.497 e. The average Bonchev–Trinajstić information content (AvgIpc) is 3.09. The predicted molar refractivity (Wildman–Crippen MR) is 184 cm³/mol. The maximum atomic E-state index is 14.6. The lowest BCUT2D eigenvalue weighted by molar-refractivity contribution is -0.140. The first-order valence-corrected chi connectivity index (χ1v) is 17.1. The molecule has 4 aromatic carbocycles. The van der Waals surface area contributed by atoms with Crippen molar-refractivity contribution < 1.29 is 27.5 Å². The molecule has 0 aliphatic carbocycles. The van der Waals surface area contributed by atoms with Crippen molar-refractivity contribution in [3.8, 4) is 11.5 Å². The zero-order valence-corrected chi connectivity index (χ0v) is 28.5. The molecule has 0 aromatic heterocycles. The van der Waals surface area contributed by atoms with Crippen molar-refractivity contribution in [2.24, 2.45) is 0 Å². The van der Waals surface area contributed by atoms with E-state index >= 15 is 0 Å². The number of amides is 2. The summed E-state index contributed by atoms with van der Waals surface area (Å²) in [6, 6.07) is 27.7. The average molecular weight is 678 g/mol. The number of rotatable bonds is 15. The van der Waals surface area contributed by atoms with E-state index in [4.69, 9.17) is 21.1 Å². The van der Waals surface area contributed by atoms with Crippen molar-refractivity contribution in [3.05, 3.63) is 119 Å². The van der Waals surface area contributed by atoms with Crippen molar-refractivity contribution in [3.63, 3.8) is 0 Å². The molecule has 248 valence electrons. The van der Waals surface area contributed by atoms with Crippen LogP contribution >= 0.6 is 11.6 Å².